The van der Waals surface area contributed by atoms with Crippen LogP contribution in [0, 0.1) is 0 Å². The molecule has 0 nitrogen and oxygen atoms in total. The molecule has 0 fully saturated rings. The van der Waals surface area contributed by atoms with Crippen LogP contribution >= 0.6 is 0 Å². The van der Waals surface area contributed by atoms with E-state index in [1.165, 1.54) is 114 Å². The van der Waals surface area contributed by atoms with Gasteiger partial charge in [-0.25, -0.2) is 0 Å². The zero-order valence-electron chi connectivity index (χ0n) is 27.0. The molecule has 8 aromatic rings. The molecule has 0 radical (unpaired) electrons. The second kappa shape index (κ2) is 12.1. The minimum Gasteiger partial charge on any atom is -0.0807 e. The van der Waals surface area contributed by atoms with E-state index >= 15 is 0 Å². The molecule has 0 spiro atoms. The maximum Gasteiger partial charge on any atom is -0.00259 e. The van der Waals surface area contributed by atoms with Crippen molar-refractivity contribution < 1.29 is 0 Å². The molecule has 0 saturated heterocycles. The van der Waals surface area contributed by atoms with Gasteiger partial charge in [0.05, 0.1) is 0 Å². The quantitative estimate of drug-likeness (QED) is 0.170. The lowest BCUT2D eigenvalue weighted by molar-refractivity contribution is 0.742. The van der Waals surface area contributed by atoms with Gasteiger partial charge in [0.25, 0.3) is 0 Å². The highest BCUT2D eigenvalue weighted by Crippen LogP contribution is 2.45. The zero-order valence-corrected chi connectivity index (χ0v) is 27.0. The standard InChI is InChI=1S/C48H36/c1-3-11-33(12-4-1)36-19-21-38(22-20-36)41-29-30-45-46(32-41)48(42-28-25-35-15-7-8-16-40(35)31-42)44-18-10-9-17-43(44)47(45)39-26-23-37(24-27-39)34-13-5-2-6-14-34/h2,5-11,13-32H,1,3-4,12H2. The molecule has 0 heteroatoms. The van der Waals surface area contributed by atoms with Gasteiger partial charge in [-0.15, -0.1) is 0 Å². The van der Waals surface area contributed by atoms with E-state index in [-0.39, 0.29) is 0 Å². The summed E-state index contributed by atoms with van der Waals surface area (Å²) in [5.74, 6) is 0. The predicted molar refractivity (Wildman–Crippen MR) is 207 cm³/mol. The summed E-state index contributed by atoms with van der Waals surface area (Å²) in [6, 6.07) is 60.7. The van der Waals surface area contributed by atoms with Crippen LogP contribution in [-0.2, 0) is 0 Å². The molecule has 0 unspecified atom stereocenters. The van der Waals surface area contributed by atoms with Gasteiger partial charge in [-0.05, 0) is 126 Å². The number of hydrogen-bond acceptors (Lipinski definition) is 0. The van der Waals surface area contributed by atoms with Crippen LogP contribution in [0.15, 0.2) is 170 Å². The molecule has 0 bridgehead atoms. The molecule has 9 rings (SSSR count). The SMILES string of the molecule is C1=C(c2ccc(-c3ccc4c(-c5ccc(-c6ccccc6)cc5)c5ccccc5c(-c5ccc6ccccc6c5)c4c3)cc2)CCCC1. The molecule has 1 aliphatic rings. The van der Waals surface area contributed by atoms with Gasteiger partial charge in [-0.1, -0.05) is 158 Å². The topological polar surface area (TPSA) is 0 Å². The molecule has 0 N–H and O–H groups in total. The fourth-order valence-corrected chi connectivity index (χ4v) is 7.76. The third kappa shape index (κ3) is 5.11. The van der Waals surface area contributed by atoms with E-state index in [2.05, 4.69) is 170 Å². The van der Waals surface area contributed by atoms with E-state index in [1.54, 1.807) is 0 Å². The molecule has 0 heterocycles. The maximum absolute atomic E-state index is 2.43. The Morgan fingerprint density at radius 2 is 0.854 bits per heavy atom. The first-order chi connectivity index (χ1) is 23.8. The second-order valence-corrected chi connectivity index (χ2v) is 13.1. The summed E-state index contributed by atoms with van der Waals surface area (Å²) in [7, 11) is 0. The van der Waals surface area contributed by atoms with E-state index < -0.39 is 0 Å². The van der Waals surface area contributed by atoms with Crippen molar-refractivity contribution in [3.05, 3.63) is 175 Å². The number of rotatable bonds is 5. The summed E-state index contributed by atoms with van der Waals surface area (Å²) >= 11 is 0. The molecule has 8 aromatic carbocycles. The number of hydrogen-bond donors (Lipinski definition) is 0. The fraction of sp³-hybridized carbons (Fsp3) is 0.0833. The van der Waals surface area contributed by atoms with Crippen molar-refractivity contribution in [3.63, 3.8) is 0 Å². The van der Waals surface area contributed by atoms with Gasteiger partial charge < -0.3 is 0 Å². The Hall–Kier alpha value is -5.72. The lowest BCUT2D eigenvalue weighted by Gasteiger charge is -2.19. The molecular weight excluding hydrogens is 577 g/mol. The average molecular weight is 613 g/mol. The van der Waals surface area contributed by atoms with Crippen molar-refractivity contribution in [2.24, 2.45) is 0 Å². The maximum atomic E-state index is 2.43. The lowest BCUT2D eigenvalue weighted by Crippen LogP contribution is -1.93. The smallest absolute Gasteiger partial charge is 0.00259 e. The van der Waals surface area contributed by atoms with E-state index in [0.29, 0.717) is 0 Å². The summed E-state index contributed by atoms with van der Waals surface area (Å²) in [5.41, 5.74) is 12.9. The predicted octanol–water partition coefficient (Wildman–Crippen LogP) is 13.8. The monoisotopic (exact) mass is 612 g/mol. The Kier molecular flexibility index (Phi) is 7.21. The van der Waals surface area contributed by atoms with Crippen molar-refractivity contribution in [2.75, 3.05) is 0 Å². The van der Waals surface area contributed by atoms with Crippen LogP contribution in [0.1, 0.15) is 31.2 Å². The van der Waals surface area contributed by atoms with Gasteiger partial charge in [0, 0.05) is 0 Å². The number of fused-ring (bicyclic) bond motifs is 3. The zero-order chi connectivity index (χ0) is 31.9. The van der Waals surface area contributed by atoms with Crippen LogP contribution in [0.4, 0.5) is 0 Å². The van der Waals surface area contributed by atoms with Gasteiger partial charge >= 0.3 is 0 Å². The first kappa shape index (κ1) is 28.5. The molecule has 0 atom stereocenters. The third-order valence-corrected chi connectivity index (χ3v) is 10.2. The minimum atomic E-state index is 1.19. The highest BCUT2D eigenvalue weighted by Gasteiger charge is 2.18. The molecule has 228 valence electrons. The van der Waals surface area contributed by atoms with Crippen molar-refractivity contribution in [1.82, 2.24) is 0 Å². The first-order valence-electron chi connectivity index (χ1n) is 17.2. The first-order valence-corrected chi connectivity index (χ1v) is 17.2. The number of allylic oxidation sites excluding steroid dienone is 2. The Morgan fingerprint density at radius 3 is 1.58 bits per heavy atom. The molecule has 0 saturated carbocycles. The Morgan fingerprint density at radius 1 is 0.312 bits per heavy atom. The Bertz CT molecular complexity index is 2460. The lowest BCUT2D eigenvalue weighted by atomic mass is 9.84. The van der Waals surface area contributed by atoms with E-state index in [9.17, 15) is 0 Å². The number of benzene rings is 8. The summed E-state index contributed by atoms with van der Waals surface area (Å²) in [6.07, 6.45) is 7.42. The fourth-order valence-electron chi connectivity index (χ4n) is 7.76. The Balaban J connectivity index is 1.27. The highest BCUT2D eigenvalue weighted by molar-refractivity contribution is 6.22. The largest absolute Gasteiger partial charge is 0.0807 e. The van der Waals surface area contributed by atoms with E-state index in [4.69, 9.17) is 0 Å². The molecule has 48 heavy (non-hydrogen) atoms. The van der Waals surface area contributed by atoms with Gasteiger partial charge in [0.1, 0.15) is 0 Å². The third-order valence-electron chi connectivity index (χ3n) is 10.2. The van der Waals surface area contributed by atoms with Gasteiger partial charge in [-0.2, -0.15) is 0 Å². The Labute approximate surface area is 282 Å². The molecule has 1 aliphatic carbocycles. The van der Waals surface area contributed by atoms with Crippen LogP contribution in [0.2, 0.25) is 0 Å². The van der Waals surface area contributed by atoms with Crippen LogP contribution in [-0.4, -0.2) is 0 Å². The van der Waals surface area contributed by atoms with Crippen LogP contribution in [0.3, 0.4) is 0 Å². The minimum absolute atomic E-state index is 1.19. The average Bonchev–Trinajstić information content (AvgIpc) is 3.17. The van der Waals surface area contributed by atoms with Crippen molar-refractivity contribution in [3.8, 4) is 44.5 Å². The summed E-state index contributed by atoms with van der Waals surface area (Å²) in [4.78, 5) is 0. The molecular formula is C48H36. The van der Waals surface area contributed by atoms with Crippen molar-refractivity contribution in [1.29, 1.82) is 0 Å². The highest BCUT2D eigenvalue weighted by atomic mass is 14.2. The van der Waals surface area contributed by atoms with E-state index in [0.717, 1.165) is 0 Å². The van der Waals surface area contributed by atoms with Crippen LogP contribution < -0.4 is 0 Å². The van der Waals surface area contributed by atoms with Crippen molar-refractivity contribution in [2.45, 2.75) is 25.7 Å². The summed E-state index contributed by atoms with van der Waals surface area (Å²) in [5, 5.41) is 7.63. The molecule has 0 aliphatic heterocycles. The van der Waals surface area contributed by atoms with E-state index in [1.807, 2.05) is 0 Å². The van der Waals surface area contributed by atoms with Crippen LogP contribution in [0.25, 0.3) is 82.4 Å². The van der Waals surface area contributed by atoms with Gasteiger partial charge in [0.2, 0.25) is 0 Å². The van der Waals surface area contributed by atoms with Gasteiger partial charge in [0.15, 0.2) is 0 Å². The molecule has 0 amide bonds. The normalized spacial score (nSPS) is 13.2. The summed E-state index contributed by atoms with van der Waals surface area (Å²) in [6.45, 7) is 0. The molecule has 0 aromatic heterocycles. The van der Waals surface area contributed by atoms with Crippen LogP contribution in [0.5, 0.6) is 0 Å². The van der Waals surface area contributed by atoms with Gasteiger partial charge in [-0.3, -0.25) is 0 Å². The second-order valence-electron chi connectivity index (χ2n) is 13.1. The van der Waals surface area contributed by atoms with Crippen molar-refractivity contribution >= 4 is 37.9 Å². The summed E-state index contributed by atoms with van der Waals surface area (Å²) < 4.78 is 0.